The molecule has 4 nitrogen and oxygen atoms in total. The summed E-state index contributed by atoms with van der Waals surface area (Å²) in [5, 5.41) is 2.79. The molecular formula is C18H16N2O2. The highest BCUT2D eigenvalue weighted by Crippen LogP contribution is 2.19. The summed E-state index contributed by atoms with van der Waals surface area (Å²) in [5.41, 5.74) is 2.83. The molecule has 0 aliphatic heterocycles. The smallest absolute Gasteiger partial charge is 0.251 e. The maximum absolute atomic E-state index is 12.1. The minimum absolute atomic E-state index is 0.143. The van der Waals surface area contributed by atoms with Crippen LogP contribution in [0.4, 0.5) is 0 Å². The molecular weight excluding hydrogens is 276 g/mol. The maximum atomic E-state index is 12.1. The van der Waals surface area contributed by atoms with Gasteiger partial charge in [-0.25, -0.2) is 4.98 Å². The third kappa shape index (κ3) is 3.23. The van der Waals surface area contributed by atoms with Crippen molar-refractivity contribution in [2.24, 2.45) is 0 Å². The van der Waals surface area contributed by atoms with Crippen LogP contribution in [0.1, 0.15) is 22.0 Å². The molecule has 0 spiro atoms. The van der Waals surface area contributed by atoms with Crippen molar-refractivity contribution < 1.29 is 9.21 Å². The highest BCUT2D eigenvalue weighted by atomic mass is 16.4. The van der Waals surface area contributed by atoms with E-state index < -0.39 is 0 Å². The summed E-state index contributed by atoms with van der Waals surface area (Å²) in [5.74, 6) is 1.10. The molecule has 4 heteroatoms. The molecule has 1 amide bonds. The second-order valence-corrected chi connectivity index (χ2v) is 4.99. The monoisotopic (exact) mass is 292 g/mol. The molecule has 2 aromatic carbocycles. The lowest BCUT2D eigenvalue weighted by Crippen LogP contribution is -2.22. The number of carbonyl (C=O) groups excluding carboxylic acids is 1. The molecule has 1 N–H and O–H groups in total. The number of rotatable bonds is 4. The first-order valence-corrected chi connectivity index (χ1v) is 7.07. The number of nitrogens with zero attached hydrogens (tertiary/aromatic N) is 1. The Morgan fingerprint density at radius 2 is 1.73 bits per heavy atom. The largest absolute Gasteiger partial charge is 0.444 e. The third-order valence-corrected chi connectivity index (χ3v) is 3.32. The Bertz CT molecular complexity index is 761. The summed E-state index contributed by atoms with van der Waals surface area (Å²) in [4.78, 5) is 16.1. The second-order valence-electron chi connectivity index (χ2n) is 4.99. The zero-order valence-corrected chi connectivity index (χ0v) is 12.2. The molecule has 0 atom stereocenters. The van der Waals surface area contributed by atoms with Crippen molar-refractivity contribution in [2.75, 3.05) is 0 Å². The molecule has 0 radical (unpaired) electrons. The lowest BCUT2D eigenvalue weighted by molar-refractivity contribution is 0.0947. The number of nitrogens with one attached hydrogen (secondary N) is 1. The zero-order valence-electron chi connectivity index (χ0n) is 12.2. The first-order chi connectivity index (χ1) is 10.7. The number of aryl methyl sites for hydroxylation is 1. The van der Waals surface area contributed by atoms with Crippen molar-refractivity contribution in [1.29, 1.82) is 0 Å². The average Bonchev–Trinajstić information content (AvgIpc) is 2.99. The van der Waals surface area contributed by atoms with Gasteiger partial charge in [-0.15, -0.1) is 0 Å². The van der Waals surface area contributed by atoms with Crippen molar-refractivity contribution in [2.45, 2.75) is 13.5 Å². The van der Waals surface area contributed by atoms with Crippen LogP contribution in [0.3, 0.4) is 0 Å². The second kappa shape index (κ2) is 6.26. The molecule has 0 aliphatic rings. The zero-order chi connectivity index (χ0) is 15.4. The summed E-state index contributed by atoms with van der Waals surface area (Å²) in [6.07, 6.45) is 1.64. The van der Waals surface area contributed by atoms with Gasteiger partial charge in [0.2, 0.25) is 5.89 Å². The molecule has 0 aliphatic carbocycles. The van der Waals surface area contributed by atoms with E-state index in [2.05, 4.69) is 10.3 Å². The molecule has 3 rings (SSSR count). The number of aromatic nitrogens is 1. The van der Waals surface area contributed by atoms with Gasteiger partial charge in [-0.3, -0.25) is 4.79 Å². The lowest BCUT2D eigenvalue weighted by atomic mass is 10.0. The van der Waals surface area contributed by atoms with E-state index in [9.17, 15) is 4.79 Å². The predicted octanol–water partition coefficient (Wildman–Crippen LogP) is 3.58. The van der Waals surface area contributed by atoms with Gasteiger partial charge in [0.15, 0.2) is 0 Å². The predicted molar refractivity (Wildman–Crippen MR) is 84.3 cm³/mol. The molecule has 22 heavy (non-hydrogen) atoms. The summed E-state index contributed by atoms with van der Waals surface area (Å²) >= 11 is 0. The minimum Gasteiger partial charge on any atom is -0.444 e. The van der Waals surface area contributed by atoms with Crippen LogP contribution in [0.2, 0.25) is 0 Å². The Balaban J connectivity index is 1.66. The van der Waals surface area contributed by atoms with Gasteiger partial charge in [-0.2, -0.15) is 0 Å². The summed E-state index contributed by atoms with van der Waals surface area (Å²) in [7, 11) is 0. The number of oxazole rings is 1. The van der Waals surface area contributed by atoms with Gasteiger partial charge in [-0.05, 0) is 30.2 Å². The lowest BCUT2D eigenvalue weighted by Gasteiger charge is -2.05. The van der Waals surface area contributed by atoms with Crippen LogP contribution in [0.5, 0.6) is 0 Å². The van der Waals surface area contributed by atoms with Gasteiger partial charge >= 0.3 is 0 Å². The fourth-order valence-corrected chi connectivity index (χ4v) is 2.19. The van der Waals surface area contributed by atoms with Gasteiger partial charge in [-0.1, -0.05) is 42.5 Å². The van der Waals surface area contributed by atoms with Gasteiger partial charge in [0, 0.05) is 5.56 Å². The molecule has 0 fully saturated rings. The average molecular weight is 292 g/mol. The quantitative estimate of drug-likeness (QED) is 0.799. The topological polar surface area (TPSA) is 55.1 Å². The van der Waals surface area contributed by atoms with Crippen LogP contribution in [-0.2, 0) is 6.54 Å². The third-order valence-electron chi connectivity index (χ3n) is 3.32. The maximum Gasteiger partial charge on any atom is 0.251 e. The van der Waals surface area contributed by atoms with Crippen LogP contribution in [0.25, 0.3) is 11.1 Å². The Kier molecular flexibility index (Phi) is 4.01. The van der Waals surface area contributed by atoms with Crippen molar-refractivity contribution in [3.8, 4) is 11.1 Å². The first kappa shape index (κ1) is 14.1. The van der Waals surface area contributed by atoms with Crippen LogP contribution in [0, 0.1) is 6.92 Å². The van der Waals surface area contributed by atoms with Crippen molar-refractivity contribution in [1.82, 2.24) is 10.3 Å². The molecule has 1 aromatic heterocycles. The van der Waals surface area contributed by atoms with Crippen LogP contribution in [0.15, 0.2) is 65.2 Å². The number of benzene rings is 2. The van der Waals surface area contributed by atoms with Gasteiger partial charge in [0.05, 0.1) is 12.7 Å². The molecule has 1 heterocycles. The number of carbonyl (C=O) groups is 1. The van der Waals surface area contributed by atoms with Crippen molar-refractivity contribution in [3.63, 3.8) is 0 Å². The summed E-state index contributed by atoms with van der Waals surface area (Å²) in [6, 6.07) is 17.6. The van der Waals surface area contributed by atoms with Gasteiger partial charge in [0.1, 0.15) is 5.76 Å². The Labute approximate surface area is 128 Å². The van der Waals surface area contributed by atoms with Gasteiger partial charge < -0.3 is 9.73 Å². The van der Waals surface area contributed by atoms with Crippen LogP contribution in [-0.4, -0.2) is 10.9 Å². The molecule has 0 saturated heterocycles. The SMILES string of the molecule is Cc1cnc(CNC(=O)c2ccc(-c3ccccc3)cc2)o1. The number of amides is 1. The molecule has 0 saturated carbocycles. The fraction of sp³-hybridized carbons (Fsp3) is 0.111. The van der Waals surface area contributed by atoms with E-state index in [1.165, 1.54) is 0 Å². The van der Waals surface area contributed by atoms with E-state index in [-0.39, 0.29) is 12.5 Å². The Morgan fingerprint density at radius 1 is 1.05 bits per heavy atom. The van der Waals surface area contributed by atoms with Crippen molar-refractivity contribution in [3.05, 3.63) is 78.0 Å². The normalized spacial score (nSPS) is 10.4. The highest BCUT2D eigenvalue weighted by Gasteiger charge is 2.07. The molecule has 0 unspecified atom stereocenters. The Hall–Kier alpha value is -2.88. The van der Waals surface area contributed by atoms with E-state index >= 15 is 0 Å². The first-order valence-electron chi connectivity index (χ1n) is 7.07. The molecule has 0 bridgehead atoms. The van der Waals surface area contributed by atoms with E-state index in [1.54, 1.807) is 6.20 Å². The van der Waals surface area contributed by atoms with E-state index in [0.29, 0.717) is 11.5 Å². The van der Waals surface area contributed by atoms with E-state index in [0.717, 1.165) is 16.9 Å². The van der Waals surface area contributed by atoms with E-state index in [4.69, 9.17) is 4.42 Å². The molecule has 110 valence electrons. The summed E-state index contributed by atoms with van der Waals surface area (Å²) < 4.78 is 5.32. The summed E-state index contributed by atoms with van der Waals surface area (Å²) in [6.45, 7) is 2.10. The van der Waals surface area contributed by atoms with Crippen LogP contribution >= 0.6 is 0 Å². The minimum atomic E-state index is -0.143. The molecule has 3 aromatic rings. The van der Waals surface area contributed by atoms with E-state index in [1.807, 2.05) is 61.5 Å². The van der Waals surface area contributed by atoms with Gasteiger partial charge in [0.25, 0.3) is 5.91 Å². The van der Waals surface area contributed by atoms with Crippen LogP contribution < -0.4 is 5.32 Å². The fourth-order valence-electron chi connectivity index (χ4n) is 2.19. The standard InChI is InChI=1S/C18H16N2O2/c1-13-11-19-17(22-13)12-20-18(21)16-9-7-15(8-10-16)14-5-3-2-4-6-14/h2-11H,12H2,1H3,(H,20,21). The number of hydrogen-bond donors (Lipinski definition) is 1. The Morgan fingerprint density at radius 3 is 2.36 bits per heavy atom. The highest BCUT2D eigenvalue weighted by molar-refractivity contribution is 5.94. The van der Waals surface area contributed by atoms with Crippen molar-refractivity contribution >= 4 is 5.91 Å². The number of hydrogen-bond acceptors (Lipinski definition) is 3.